The van der Waals surface area contributed by atoms with E-state index in [2.05, 4.69) is 4.98 Å². The second-order valence-electron chi connectivity index (χ2n) is 3.79. The molecule has 0 aliphatic carbocycles. The summed E-state index contributed by atoms with van der Waals surface area (Å²) in [6, 6.07) is 8.73. The molecule has 94 valence electrons. The average Bonchev–Trinajstić information content (AvgIpc) is 2.28. The number of nitrogens with two attached hydrogens (primary N) is 1. The fourth-order valence-electron chi connectivity index (χ4n) is 1.47. The summed E-state index contributed by atoms with van der Waals surface area (Å²) >= 11 is 0. The van der Waals surface area contributed by atoms with Gasteiger partial charge >= 0.3 is 0 Å². The summed E-state index contributed by atoms with van der Waals surface area (Å²) in [6.45, 7) is 1.92. The summed E-state index contributed by atoms with van der Waals surface area (Å²) in [6.07, 6.45) is 2.61. The predicted octanol–water partition coefficient (Wildman–Crippen LogP) is 1.83. The van der Waals surface area contributed by atoms with E-state index >= 15 is 0 Å². The molecule has 0 radical (unpaired) electrons. The molecule has 0 aliphatic heterocycles. The van der Waals surface area contributed by atoms with E-state index in [4.69, 9.17) is 9.88 Å². The normalized spacial score (nSPS) is 11.2. The molecule has 0 bridgehead atoms. The van der Waals surface area contributed by atoms with Crippen LogP contribution in [-0.2, 0) is 10.0 Å². The minimum atomic E-state index is -3.85. The highest BCUT2D eigenvalue weighted by molar-refractivity contribution is 7.89. The summed E-state index contributed by atoms with van der Waals surface area (Å²) in [5.41, 5.74) is 1.01. The van der Waals surface area contributed by atoms with Crippen molar-refractivity contribution >= 4 is 10.0 Å². The van der Waals surface area contributed by atoms with Crippen molar-refractivity contribution in [2.75, 3.05) is 0 Å². The molecule has 0 spiro atoms. The summed E-state index contributed by atoms with van der Waals surface area (Å²) in [7, 11) is -3.85. The Morgan fingerprint density at radius 1 is 1.28 bits per heavy atom. The third-order valence-corrected chi connectivity index (χ3v) is 3.19. The van der Waals surface area contributed by atoms with E-state index in [1.165, 1.54) is 18.5 Å². The Hall–Kier alpha value is -1.92. The van der Waals surface area contributed by atoms with Gasteiger partial charge in [-0.3, -0.25) is 4.98 Å². The number of aromatic nitrogens is 1. The van der Waals surface area contributed by atoms with Gasteiger partial charge < -0.3 is 4.74 Å². The molecule has 0 saturated carbocycles. The first-order valence-corrected chi connectivity index (χ1v) is 6.73. The lowest BCUT2D eigenvalue weighted by molar-refractivity contribution is 0.466. The number of hydrogen-bond donors (Lipinski definition) is 1. The minimum absolute atomic E-state index is 0.133. The van der Waals surface area contributed by atoms with Gasteiger partial charge in [-0.1, -0.05) is 12.1 Å². The maximum atomic E-state index is 11.4. The predicted molar refractivity (Wildman–Crippen MR) is 66.9 cm³/mol. The molecule has 2 N–H and O–H groups in total. The van der Waals surface area contributed by atoms with Gasteiger partial charge in [-0.25, -0.2) is 13.6 Å². The van der Waals surface area contributed by atoms with Crippen molar-refractivity contribution in [3.05, 3.63) is 48.3 Å². The van der Waals surface area contributed by atoms with E-state index in [0.717, 1.165) is 5.56 Å². The zero-order valence-corrected chi connectivity index (χ0v) is 10.5. The molecule has 0 aliphatic rings. The van der Waals surface area contributed by atoms with E-state index in [-0.39, 0.29) is 10.6 Å². The second kappa shape index (κ2) is 4.75. The SMILES string of the molecule is Cc1cccc(Oc2ccncc2S(N)(=O)=O)c1. The van der Waals surface area contributed by atoms with Crippen LogP contribution in [0.1, 0.15) is 5.56 Å². The van der Waals surface area contributed by atoms with Crippen molar-refractivity contribution < 1.29 is 13.2 Å². The second-order valence-corrected chi connectivity index (χ2v) is 5.32. The van der Waals surface area contributed by atoms with E-state index in [1.807, 2.05) is 19.1 Å². The van der Waals surface area contributed by atoms with Gasteiger partial charge in [0.15, 0.2) is 5.75 Å². The molecule has 2 aromatic rings. The zero-order valence-electron chi connectivity index (χ0n) is 9.70. The molecule has 0 amide bonds. The molecular weight excluding hydrogens is 252 g/mol. The van der Waals surface area contributed by atoms with E-state index in [9.17, 15) is 8.42 Å². The molecule has 0 atom stereocenters. The Morgan fingerprint density at radius 3 is 2.72 bits per heavy atom. The van der Waals surface area contributed by atoms with Crippen LogP contribution < -0.4 is 9.88 Å². The van der Waals surface area contributed by atoms with Crippen LogP contribution in [0.25, 0.3) is 0 Å². The number of rotatable bonds is 3. The van der Waals surface area contributed by atoms with Crippen molar-refractivity contribution in [3.8, 4) is 11.5 Å². The maximum Gasteiger partial charge on any atom is 0.243 e. The van der Waals surface area contributed by atoms with Crippen LogP contribution in [0.4, 0.5) is 0 Å². The number of sulfonamides is 1. The highest BCUT2D eigenvalue weighted by atomic mass is 32.2. The van der Waals surface area contributed by atoms with Gasteiger partial charge in [0.25, 0.3) is 0 Å². The van der Waals surface area contributed by atoms with Crippen molar-refractivity contribution in [2.45, 2.75) is 11.8 Å². The number of nitrogens with zero attached hydrogens (tertiary/aromatic N) is 1. The van der Waals surface area contributed by atoms with Crippen molar-refractivity contribution in [3.63, 3.8) is 0 Å². The highest BCUT2D eigenvalue weighted by Gasteiger charge is 2.15. The Balaban J connectivity index is 2.41. The highest BCUT2D eigenvalue weighted by Crippen LogP contribution is 2.27. The molecule has 1 aromatic carbocycles. The standard InChI is InChI=1S/C12H12N2O3S/c1-9-3-2-4-10(7-9)17-11-5-6-14-8-12(11)18(13,15)16/h2-8H,1H3,(H2,13,15,16). The molecule has 2 rings (SSSR count). The Morgan fingerprint density at radius 2 is 2.06 bits per heavy atom. The number of benzene rings is 1. The minimum Gasteiger partial charge on any atom is -0.456 e. The van der Waals surface area contributed by atoms with Gasteiger partial charge in [0.1, 0.15) is 10.6 Å². The van der Waals surface area contributed by atoms with Gasteiger partial charge in [0.05, 0.1) is 6.20 Å². The van der Waals surface area contributed by atoms with Crippen LogP contribution in [-0.4, -0.2) is 13.4 Å². The molecule has 6 heteroatoms. The number of hydrogen-bond acceptors (Lipinski definition) is 4. The Bertz CT molecular complexity index is 669. The largest absolute Gasteiger partial charge is 0.456 e. The molecule has 0 saturated heterocycles. The monoisotopic (exact) mass is 264 g/mol. The zero-order chi connectivity index (χ0) is 13.2. The molecule has 0 unspecified atom stereocenters. The van der Waals surface area contributed by atoms with Gasteiger partial charge in [0, 0.05) is 12.3 Å². The lowest BCUT2D eigenvalue weighted by Gasteiger charge is -2.09. The van der Waals surface area contributed by atoms with Gasteiger partial charge in [-0.05, 0) is 24.6 Å². The molecule has 1 aromatic heterocycles. The van der Waals surface area contributed by atoms with E-state index < -0.39 is 10.0 Å². The van der Waals surface area contributed by atoms with Crippen LogP contribution in [0, 0.1) is 6.92 Å². The molecular formula is C12H12N2O3S. The van der Waals surface area contributed by atoms with Crippen LogP contribution in [0.15, 0.2) is 47.6 Å². The number of pyridine rings is 1. The smallest absolute Gasteiger partial charge is 0.243 e. The van der Waals surface area contributed by atoms with Crippen LogP contribution in [0.3, 0.4) is 0 Å². The summed E-state index contributed by atoms with van der Waals surface area (Å²) < 4.78 is 28.3. The third-order valence-electron chi connectivity index (χ3n) is 2.27. The summed E-state index contributed by atoms with van der Waals surface area (Å²) in [5.74, 6) is 0.712. The topological polar surface area (TPSA) is 82.3 Å². The van der Waals surface area contributed by atoms with Gasteiger partial charge in [-0.2, -0.15) is 0 Å². The number of primary sulfonamides is 1. The Kier molecular flexibility index (Phi) is 3.31. The number of ether oxygens (including phenoxy) is 1. The molecule has 1 heterocycles. The quantitative estimate of drug-likeness (QED) is 0.916. The van der Waals surface area contributed by atoms with Gasteiger partial charge in [0.2, 0.25) is 10.0 Å². The van der Waals surface area contributed by atoms with Crippen molar-refractivity contribution in [1.29, 1.82) is 0 Å². The first-order chi connectivity index (χ1) is 8.47. The van der Waals surface area contributed by atoms with Crippen LogP contribution in [0.2, 0.25) is 0 Å². The van der Waals surface area contributed by atoms with Crippen LogP contribution in [0.5, 0.6) is 11.5 Å². The van der Waals surface area contributed by atoms with Gasteiger partial charge in [-0.15, -0.1) is 0 Å². The fourth-order valence-corrected chi connectivity index (χ4v) is 2.07. The van der Waals surface area contributed by atoms with E-state index in [0.29, 0.717) is 5.75 Å². The van der Waals surface area contributed by atoms with E-state index in [1.54, 1.807) is 12.1 Å². The molecule has 18 heavy (non-hydrogen) atoms. The summed E-state index contributed by atoms with van der Waals surface area (Å²) in [5, 5.41) is 5.09. The molecule has 0 fully saturated rings. The lowest BCUT2D eigenvalue weighted by Crippen LogP contribution is -2.13. The maximum absolute atomic E-state index is 11.4. The average molecular weight is 264 g/mol. The van der Waals surface area contributed by atoms with Crippen LogP contribution >= 0.6 is 0 Å². The lowest BCUT2D eigenvalue weighted by atomic mass is 10.2. The fraction of sp³-hybridized carbons (Fsp3) is 0.0833. The van der Waals surface area contributed by atoms with Crippen molar-refractivity contribution in [1.82, 2.24) is 4.98 Å². The first kappa shape index (κ1) is 12.5. The number of aryl methyl sites for hydroxylation is 1. The third kappa shape index (κ3) is 2.85. The first-order valence-electron chi connectivity index (χ1n) is 5.18. The Labute approximate surface area is 105 Å². The molecule has 5 nitrogen and oxygen atoms in total. The summed E-state index contributed by atoms with van der Waals surface area (Å²) in [4.78, 5) is 3.60. The van der Waals surface area contributed by atoms with Crippen molar-refractivity contribution in [2.24, 2.45) is 5.14 Å².